The van der Waals surface area contributed by atoms with Crippen LogP contribution in [-0.4, -0.2) is 23.7 Å². The molecule has 0 aromatic rings. The molecule has 0 saturated heterocycles. The van der Waals surface area contributed by atoms with Crippen LogP contribution in [0.2, 0.25) is 0 Å². The SMILES string of the molecule is CC1=[N+](C)N=CC1. The van der Waals surface area contributed by atoms with Crippen LogP contribution >= 0.6 is 0 Å². The average Bonchev–Trinajstić information content (AvgIpc) is 1.91. The molecule has 1 aliphatic heterocycles. The third-order valence-corrected chi connectivity index (χ3v) is 1.19. The normalized spacial score (nSPS) is 19.1. The lowest BCUT2D eigenvalue weighted by Gasteiger charge is -1.77. The molecular weight excluding hydrogens is 88.1 g/mol. The summed E-state index contributed by atoms with van der Waals surface area (Å²) in [5, 5.41) is 3.99. The summed E-state index contributed by atoms with van der Waals surface area (Å²) in [7, 11) is 1.96. The largest absolute Gasteiger partial charge is 0.187 e. The van der Waals surface area contributed by atoms with Gasteiger partial charge in [-0.15, -0.1) is 0 Å². The Morgan fingerprint density at radius 1 is 1.86 bits per heavy atom. The quantitative estimate of drug-likeness (QED) is 0.391. The minimum absolute atomic E-state index is 1.02. The molecule has 0 radical (unpaired) electrons. The molecule has 0 bridgehead atoms. The van der Waals surface area contributed by atoms with E-state index in [-0.39, 0.29) is 0 Å². The zero-order valence-corrected chi connectivity index (χ0v) is 4.68. The van der Waals surface area contributed by atoms with Crippen LogP contribution in [0.1, 0.15) is 13.3 Å². The highest BCUT2D eigenvalue weighted by Crippen LogP contribution is 1.89. The first-order chi connectivity index (χ1) is 3.30. The van der Waals surface area contributed by atoms with Crippen molar-refractivity contribution in [1.82, 2.24) is 0 Å². The predicted molar refractivity (Wildman–Crippen MR) is 30.0 cm³/mol. The van der Waals surface area contributed by atoms with Gasteiger partial charge in [-0.25, -0.2) is 0 Å². The zero-order valence-electron chi connectivity index (χ0n) is 4.68. The third-order valence-electron chi connectivity index (χ3n) is 1.19. The molecule has 0 saturated carbocycles. The van der Waals surface area contributed by atoms with E-state index in [1.54, 1.807) is 0 Å². The average molecular weight is 97.1 g/mol. The summed E-state index contributed by atoms with van der Waals surface area (Å²) < 4.78 is 1.89. The highest BCUT2D eigenvalue weighted by atomic mass is 15.4. The van der Waals surface area contributed by atoms with Gasteiger partial charge in [-0.3, -0.25) is 0 Å². The van der Waals surface area contributed by atoms with Gasteiger partial charge >= 0.3 is 0 Å². The van der Waals surface area contributed by atoms with Crippen molar-refractivity contribution in [1.29, 1.82) is 0 Å². The Morgan fingerprint density at radius 2 is 2.57 bits per heavy atom. The lowest BCUT2D eigenvalue weighted by Crippen LogP contribution is -2.00. The topological polar surface area (TPSA) is 15.4 Å². The highest BCUT2D eigenvalue weighted by molar-refractivity contribution is 5.92. The van der Waals surface area contributed by atoms with Gasteiger partial charge in [-0.1, -0.05) is 4.68 Å². The highest BCUT2D eigenvalue weighted by Gasteiger charge is 2.06. The van der Waals surface area contributed by atoms with E-state index in [2.05, 4.69) is 12.0 Å². The van der Waals surface area contributed by atoms with Crippen molar-refractivity contribution >= 4 is 11.9 Å². The van der Waals surface area contributed by atoms with E-state index in [9.17, 15) is 0 Å². The Balaban J connectivity index is 2.79. The van der Waals surface area contributed by atoms with Crippen molar-refractivity contribution in [2.24, 2.45) is 5.10 Å². The molecule has 0 N–H and O–H groups in total. The Kier molecular flexibility index (Phi) is 0.929. The van der Waals surface area contributed by atoms with Gasteiger partial charge in [0, 0.05) is 6.92 Å². The monoisotopic (exact) mass is 97.1 g/mol. The summed E-state index contributed by atoms with van der Waals surface area (Å²) >= 11 is 0. The minimum Gasteiger partial charge on any atom is -0.0955 e. The van der Waals surface area contributed by atoms with Gasteiger partial charge in [-0.2, -0.15) is 0 Å². The van der Waals surface area contributed by atoms with Crippen LogP contribution in [0.3, 0.4) is 0 Å². The fraction of sp³-hybridized carbons (Fsp3) is 0.600. The summed E-state index contributed by atoms with van der Waals surface area (Å²) in [4.78, 5) is 0. The first-order valence-corrected chi connectivity index (χ1v) is 2.39. The van der Waals surface area contributed by atoms with E-state index in [1.807, 2.05) is 17.9 Å². The molecule has 0 amide bonds. The van der Waals surface area contributed by atoms with E-state index in [1.165, 1.54) is 5.71 Å². The van der Waals surface area contributed by atoms with Crippen molar-refractivity contribution in [3.8, 4) is 0 Å². The van der Waals surface area contributed by atoms with E-state index in [0.29, 0.717) is 0 Å². The van der Waals surface area contributed by atoms with Crippen molar-refractivity contribution in [2.45, 2.75) is 13.3 Å². The van der Waals surface area contributed by atoms with Gasteiger partial charge in [0.25, 0.3) is 0 Å². The van der Waals surface area contributed by atoms with Crippen LogP contribution in [0.4, 0.5) is 0 Å². The van der Waals surface area contributed by atoms with E-state index in [0.717, 1.165) is 6.42 Å². The molecule has 0 unspecified atom stereocenters. The smallest absolute Gasteiger partial charge is 0.0955 e. The molecule has 38 valence electrons. The first-order valence-electron chi connectivity index (χ1n) is 2.39. The van der Waals surface area contributed by atoms with Gasteiger partial charge in [0.05, 0.1) is 12.6 Å². The minimum atomic E-state index is 1.02. The zero-order chi connectivity index (χ0) is 5.28. The maximum atomic E-state index is 3.99. The van der Waals surface area contributed by atoms with Gasteiger partial charge < -0.3 is 0 Å². The first kappa shape index (κ1) is 4.50. The number of hydrogen-bond acceptors (Lipinski definition) is 1. The Labute approximate surface area is 43.2 Å². The Bertz CT molecular complexity index is 133. The molecule has 1 aliphatic rings. The molecule has 1 rings (SSSR count). The molecule has 0 aromatic heterocycles. The third kappa shape index (κ3) is 0.683. The standard InChI is InChI=1S/C5H9N2/c1-5-3-4-6-7(5)2/h4H,3H2,1-2H3/q+1. The van der Waals surface area contributed by atoms with Crippen LogP contribution in [0, 0.1) is 0 Å². The number of hydrogen-bond donors (Lipinski definition) is 0. The van der Waals surface area contributed by atoms with Crippen LogP contribution < -0.4 is 0 Å². The maximum absolute atomic E-state index is 3.99. The fourth-order valence-electron chi connectivity index (χ4n) is 0.526. The molecule has 0 atom stereocenters. The molecule has 2 heteroatoms. The van der Waals surface area contributed by atoms with Crippen LogP contribution in [0.25, 0.3) is 0 Å². The summed E-state index contributed by atoms with van der Waals surface area (Å²) in [5.41, 5.74) is 1.32. The molecule has 2 nitrogen and oxygen atoms in total. The molecule has 1 heterocycles. The molecule has 0 aromatic carbocycles. The summed E-state index contributed by atoms with van der Waals surface area (Å²) in [6.07, 6.45) is 2.94. The van der Waals surface area contributed by atoms with Gasteiger partial charge in [0.2, 0.25) is 0 Å². The lowest BCUT2D eigenvalue weighted by molar-refractivity contribution is -0.499. The van der Waals surface area contributed by atoms with Gasteiger partial charge in [0.1, 0.15) is 0 Å². The molecular formula is C5H9N2+. The molecule has 0 spiro atoms. The lowest BCUT2D eigenvalue weighted by atomic mass is 10.3. The van der Waals surface area contributed by atoms with Gasteiger partial charge in [-0.05, 0) is 5.10 Å². The van der Waals surface area contributed by atoms with Crippen LogP contribution in [0.15, 0.2) is 5.10 Å². The second kappa shape index (κ2) is 1.45. The van der Waals surface area contributed by atoms with E-state index in [4.69, 9.17) is 0 Å². The van der Waals surface area contributed by atoms with E-state index < -0.39 is 0 Å². The molecule has 0 fully saturated rings. The number of nitrogens with zero attached hydrogens (tertiary/aromatic N) is 2. The second-order valence-electron chi connectivity index (χ2n) is 1.76. The van der Waals surface area contributed by atoms with Crippen molar-refractivity contribution < 1.29 is 4.68 Å². The molecule has 0 aliphatic carbocycles. The van der Waals surface area contributed by atoms with Crippen molar-refractivity contribution in [2.75, 3.05) is 7.05 Å². The van der Waals surface area contributed by atoms with Crippen LogP contribution in [0.5, 0.6) is 0 Å². The Morgan fingerprint density at radius 3 is 2.71 bits per heavy atom. The van der Waals surface area contributed by atoms with Crippen molar-refractivity contribution in [3.05, 3.63) is 0 Å². The number of hydrazone groups is 1. The second-order valence-corrected chi connectivity index (χ2v) is 1.76. The Hall–Kier alpha value is -0.660. The predicted octanol–water partition coefficient (Wildman–Crippen LogP) is 0.479. The fourth-order valence-corrected chi connectivity index (χ4v) is 0.526. The van der Waals surface area contributed by atoms with Crippen molar-refractivity contribution in [3.63, 3.8) is 0 Å². The summed E-state index contributed by atoms with van der Waals surface area (Å²) in [6.45, 7) is 2.08. The maximum Gasteiger partial charge on any atom is 0.187 e. The molecule has 7 heavy (non-hydrogen) atoms. The number of rotatable bonds is 0. The summed E-state index contributed by atoms with van der Waals surface area (Å²) in [5.74, 6) is 0. The van der Waals surface area contributed by atoms with Gasteiger partial charge in [0.15, 0.2) is 12.8 Å². The van der Waals surface area contributed by atoms with E-state index >= 15 is 0 Å². The van der Waals surface area contributed by atoms with Crippen LogP contribution in [-0.2, 0) is 0 Å². The summed E-state index contributed by atoms with van der Waals surface area (Å²) in [6, 6.07) is 0.